The molecule has 2 aromatic carbocycles. The van der Waals surface area contributed by atoms with Crippen LogP contribution in [0.1, 0.15) is 17.4 Å². The number of nitrogens with one attached hydrogen (secondary N) is 1. The summed E-state index contributed by atoms with van der Waals surface area (Å²) in [5.74, 6) is 0.451. The number of carbonyl (C=O) groups is 1. The lowest BCUT2D eigenvalue weighted by molar-refractivity contribution is 0.245. The predicted octanol–water partition coefficient (Wildman–Crippen LogP) is 3.04. The van der Waals surface area contributed by atoms with Crippen LogP contribution in [-0.4, -0.2) is 22.7 Å². The van der Waals surface area contributed by atoms with Crippen molar-refractivity contribution in [1.29, 1.82) is 0 Å². The summed E-state index contributed by atoms with van der Waals surface area (Å²) in [6.07, 6.45) is 0.468. The maximum Gasteiger partial charge on any atom is 0.328 e. The Labute approximate surface area is 131 Å². The van der Waals surface area contributed by atoms with Gasteiger partial charge < -0.3 is 10.1 Å². The number of carbonyl (C=O) groups excluding carboxylic acids is 1. The van der Waals surface area contributed by atoms with Crippen molar-refractivity contribution in [3.63, 3.8) is 0 Å². The molecular weight excluding hydrogens is 297 g/mol. The average Bonchev–Trinajstić information content (AvgIpc) is 3.06. The molecule has 1 aliphatic heterocycles. The van der Waals surface area contributed by atoms with Crippen molar-refractivity contribution in [3.8, 4) is 5.75 Å². The van der Waals surface area contributed by atoms with Gasteiger partial charge in [0.25, 0.3) is 0 Å². The van der Waals surface area contributed by atoms with Crippen LogP contribution in [0.3, 0.4) is 0 Å². The SMILES string of the molecule is COc1ccc(CC2NC(=O)n3c2nc2ccccc23)cc1F. The van der Waals surface area contributed by atoms with Crippen molar-refractivity contribution < 1.29 is 13.9 Å². The molecule has 0 bridgehead atoms. The lowest BCUT2D eigenvalue weighted by Crippen LogP contribution is -2.22. The average molecular weight is 311 g/mol. The van der Waals surface area contributed by atoms with Crippen molar-refractivity contribution in [3.05, 3.63) is 59.7 Å². The first-order valence-electron chi connectivity index (χ1n) is 7.28. The van der Waals surface area contributed by atoms with E-state index >= 15 is 0 Å². The summed E-state index contributed by atoms with van der Waals surface area (Å²) in [6, 6.07) is 11.8. The molecule has 0 fully saturated rings. The number of fused-ring (bicyclic) bond motifs is 3. The fourth-order valence-corrected chi connectivity index (χ4v) is 2.98. The van der Waals surface area contributed by atoms with Gasteiger partial charge in [-0.05, 0) is 29.8 Å². The van der Waals surface area contributed by atoms with E-state index in [1.54, 1.807) is 16.7 Å². The molecule has 0 spiro atoms. The molecule has 1 amide bonds. The molecule has 2 heterocycles. The first-order valence-corrected chi connectivity index (χ1v) is 7.28. The van der Waals surface area contributed by atoms with Gasteiger partial charge in [0.15, 0.2) is 11.6 Å². The van der Waals surface area contributed by atoms with Crippen molar-refractivity contribution >= 4 is 17.1 Å². The highest BCUT2D eigenvalue weighted by atomic mass is 19.1. The number of methoxy groups -OCH3 is 1. The zero-order valence-corrected chi connectivity index (χ0v) is 12.4. The van der Waals surface area contributed by atoms with Gasteiger partial charge in [-0.25, -0.2) is 18.7 Å². The van der Waals surface area contributed by atoms with E-state index in [2.05, 4.69) is 10.3 Å². The monoisotopic (exact) mass is 311 g/mol. The largest absolute Gasteiger partial charge is 0.494 e. The Morgan fingerprint density at radius 1 is 1.30 bits per heavy atom. The number of ether oxygens (including phenoxy) is 1. The third kappa shape index (κ3) is 2.14. The van der Waals surface area contributed by atoms with E-state index in [-0.39, 0.29) is 17.8 Å². The van der Waals surface area contributed by atoms with E-state index in [0.717, 1.165) is 16.6 Å². The number of para-hydroxylation sites is 2. The first-order chi connectivity index (χ1) is 11.2. The number of benzene rings is 2. The number of halogens is 1. The highest BCUT2D eigenvalue weighted by molar-refractivity contribution is 5.92. The van der Waals surface area contributed by atoms with Gasteiger partial charge in [0, 0.05) is 6.42 Å². The molecule has 0 saturated heterocycles. The lowest BCUT2D eigenvalue weighted by atomic mass is 10.1. The molecule has 1 N–H and O–H groups in total. The first kappa shape index (κ1) is 13.8. The summed E-state index contributed by atoms with van der Waals surface area (Å²) in [4.78, 5) is 16.8. The quantitative estimate of drug-likeness (QED) is 0.809. The van der Waals surface area contributed by atoms with Crippen molar-refractivity contribution in [2.45, 2.75) is 12.5 Å². The van der Waals surface area contributed by atoms with E-state index < -0.39 is 5.82 Å². The normalized spacial score (nSPS) is 16.4. The number of imidazole rings is 1. The number of hydrogen-bond acceptors (Lipinski definition) is 3. The minimum absolute atomic E-state index is 0.201. The minimum atomic E-state index is -0.414. The number of amides is 1. The summed E-state index contributed by atoms with van der Waals surface area (Å²) in [5.41, 5.74) is 2.33. The molecule has 6 heteroatoms. The van der Waals surface area contributed by atoms with Gasteiger partial charge in [0.2, 0.25) is 0 Å². The molecule has 1 unspecified atom stereocenters. The zero-order valence-electron chi connectivity index (χ0n) is 12.4. The van der Waals surface area contributed by atoms with Crippen LogP contribution in [0, 0.1) is 5.82 Å². The Bertz CT molecular complexity index is 919. The molecule has 23 heavy (non-hydrogen) atoms. The van der Waals surface area contributed by atoms with Gasteiger partial charge in [0.1, 0.15) is 5.82 Å². The molecule has 116 valence electrons. The highest BCUT2D eigenvalue weighted by Gasteiger charge is 2.32. The van der Waals surface area contributed by atoms with E-state index in [4.69, 9.17) is 4.74 Å². The van der Waals surface area contributed by atoms with Crippen LogP contribution in [0.2, 0.25) is 0 Å². The second-order valence-electron chi connectivity index (χ2n) is 5.47. The summed E-state index contributed by atoms with van der Waals surface area (Å²) < 4.78 is 20.3. The standard InChI is InChI=1S/C17H14FN3O2/c1-23-15-7-6-10(8-11(15)18)9-13-16-19-12-4-2-3-5-14(12)21(16)17(22)20-13/h2-8,13H,9H2,1H3,(H,20,22). The van der Waals surface area contributed by atoms with Crippen LogP contribution in [-0.2, 0) is 6.42 Å². The van der Waals surface area contributed by atoms with Crippen molar-refractivity contribution in [2.24, 2.45) is 0 Å². The van der Waals surface area contributed by atoms with E-state index in [1.807, 2.05) is 24.3 Å². The molecule has 0 radical (unpaired) electrons. The number of hydrogen-bond donors (Lipinski definition) is 1. The molecule has 1 aliphatic rings. The third-order valence-corrected chi connectivity index (χ3v) is 4.06. The molecule has 1 atom stereocenters. The Morgan fingerprint density at radius 2 is 2.13 bits per heavy atom. The second-order valence-corrected chi connectivity index (χ2v) is 5.47. The number of nitrogens with zero attached hydrogens (tertiary/aromatic N) is 2. The Morgan fingerprint density at radius 3 is 2.91 bits per heavy atom. The molecule has 0 saturated carbocycles. The summed E-state index contributed by atoms with van der Waals surface area (Å²) in [6.45, 7) is 0. The lowest BCUT2D eigenvalue weighted by Gasteiger charge is -2.10. The van der Waals surface area contributed by atoms with Crippen LogP contribution in [0.5, 0.6) is 5.75 Å². The van der Waals surface area contributed by atoms with Gasteiger partial charge in [-0.2, -0.15) is 0 Å². The summed E-state index contributed by atoms with van der Waals surface area (Å²) in [7, 11) is 1.43. The van der Waals surface area contributed by atoms with Gasteiger partial charge in [0.05, 0.1) is 24.2 Å². The molecule has 4 rings (SSSR count). The maximum atomic E-state index is 13.8. The van der Waals surface area contributed by atoms with Crippen LogP contribution < -0.4 is 10.1 Å². The molecule has 3 aromatic rings. The highest BCUT2D eigenvalue weighted by Crippen LogP contribution is 2.29. The topological polar surface area (TPSA) is 56.1 Å². The molecule has 0 aliphatic carbocycles. The smallest absolute Gasteiger partial charge is 0.328 e. The van der Waals surface area contributed by atoms with Crippen LogP contribution in [0.15, 0.2) is 42.5 Å². The van der Waals surface area contributed by atoms with Gasteiger partial charge in [-0.3, -0.25) is 0 Å². The van der Waals surface area contributed by atoms with Crippen molar-refractivity contribution in [2.75, 3.05) is 7.11 Å². The Hall–Kier alpha value is -2.89. The van der Waals surface area contributed by atoms with E-state index in [9.17, 15) is 9.18 Å². The Balaban J connectivity index is 1.70. The Kier molecular flexibility index (Phi) is 3.04. The fourth-order valence-electron chi connectivity index (χ4n) is 2.98. The van der Waals surface area contributed by atoms with Crippen LogP contribution in [0.25, 0.3) is 11.0 Å². The summed E-state index contributed by atoms with van der Waals surface area (Å²) in [5, 5.41) is 2.90. The number of rotatable bonds is 3. The predicted molar refractivity (Wildman–Crippen MR) is 83.1 cm³/mol. The van der Waals surface area contributed by atoms with E-state index in [0.29, 0.717) is 12.2 Å². The van der Waals surface area contributed by atoms with Crippen LogP contribution >= 0.6 is 0 Å². The van der Waals surface area contributed by atoms with Gasteiger partial charge in [-0.15, -0.1) is 0 Å². The molecule has 1 aromatic heterocycles. The molecular formula is C17H14FN3O2. The fraction of sp³-hybridized carbons (Fsp3) is 0.176. The van der Waals surface area contributed by atoms with Crippen molar-refractivity contribution in [1.82, 2.24) is 14.9 Å². The zero-order chi connectivity index (χ0) is 16.0. The summed E-state index contributed by atoms with van der Waals surface area (Å²) >= 11 is 0. The van der Waals surface area contributed by atoms with Gasteiger partial charge >= 0.3 is 6.03 Å². The maximum absolute atomic E-state index is 13.8. The van der Waals surface area contributed by atoms with Crippen LogP contribution in [0.4, 0.5) is 9.18 Å². The number of aromatic nitrogens is 2. The minimum Gasteiger partial charge on any atom is -0.494 e. The van der Waals surface area contributed by atoms with Gasteiger partial charge in [-0.1, -0.05) is 18.2 Å². The van der Waals surface area contributed by atoms with E-state index in [1.165, 1.54) is 13.2 Å². The third-order valence-electron chi connectivity index (χ3n) is 4.06. The second kappa shape index (κ2) is 5.08. The molecule has 5 nitrogen and oxygen atoms in total.